The van der Waals surface area contributed by atoms with Crippen LogP contribution in [0.3, 0.4) is 0 Å². The van der Waals surface area contributed by atoms with E-state index < -0.39 is 53.2 Å². The summed E-state index contributed by atoms with van der Waals surface area (Å²) >= 11 is 0. The van der Waals surface area contributed by atoms with Crippen LogP contribution in [0.15, 0.2) is 60.7 Å². The Balaban J connectivity index is 1.75. The number of ether oxygens (including phenoxy) is 3. The van der Waals surface area contributed by atoms with Crippen molar-refractivity contribution in [1.29, 1.82) is 0 Å². The fourth-order valence-electron chi connectivity index (χ4n) is 2.83. The van der Waals surface area contributed by atoms with E-state index in [1.165, 1.54) is 24.3 Å². The highest BCUT2D eigenvalue weighted by molar-refractivity contribution is 7.86. The normalized spacial score (nSPS) is 22.2. The van der Waals surface area contributed by atoms with Gasteiger partial charge in [0.05, 0.1) is 11.8 Å². The Bertz CT molecular complexity index is 1050. The van der Waals surface area contributed by atoms with Crippen molar-refractivity contribution in [1.82, 2.24) is 0 Å². The quantitative estimate of drug-likeness (QED) is 0.484. The summed E-state index contributed by atoms with van der Waals surface area (Å²) in [5.74, 6) is -4.90. The molecule has 12 heteroatoms. The second-order valence-corrected chi connectivity index (χ2v) is 8.36. The first kappa shape index (κ1) is 23.6. The summed E-state index contributed by atoms with van der Waals surface area (Å²) in [7, 11) is -4.35. The van der Waals surface area contributed by atoms with Crippen LogP contribution in [0, 0.1) is 0 Å². The maximum absolute atomic E-state index is 14.8. The number of halogens is 2. The van der Waals surface area contributed by atoms with Gasteiger partial charge in [0.25, 0.3) is 10.1 Å². The van der Waals surface area contributed by atoms with E-state index >= 15 is 0 Å². The number of amides is 1. The number of alkyl halides is 2. The third-order valence-corrected chi connectivity index (χ3v) is 4.76. The van der Waals surface area contributed by atoms with Gasteiger partial charge in [-0.1, -0.05) is 36.4 Å². The number of esters is 1. The number of hydrogen-bond acceptors (Lipinski definition) is 8. The van der Waals surface area contributed by atoms with Crippen LogP contribution in [0.5, 0.6) is 0 Å². The first-order valence-corrected chi connectivity index (χ1v) is 11.0. The van der Waals surface area contributed by atoms with Gasteiger partial charge in [0.1, 0.15) is 12.7 Å². The minimum Gasteiger partial charge on any atom is -0.459 e. The molecule has 1 heterocycles. The molecule has 1 aliphatic heterocycles. The second kappa shape index (κ2) is 9.59. The molecule has 1 saturated heterocycles. The highest BCUT2D eigenvalue weighted by Gasteiger charge is 2.63. The van der Waals surface area contributed by atoms with Crippen molar-refractivity contribution >= 4 is 27.9 Å². The van der Waals surface area contributed by atoms with Gasteiger partial charge in [-0.3, -0.25) is 5.32 Å². The average Bonchev–Trinajstić information content (AvgIpc) is 2.96. The topological polar surface area (TPSA) is 117 Å². The smallest absolute Gasteiger partial charge is 0.412 e. The van der Waals surface area contributed by atoms with E-state index in [1.807, 2.05) is 0 Å². The summed E-state index contributed by atoms with van der Waals surface area (Å²) in [6, 6.07) is 15.6. The number of carbonyl (C=O) groups excluding carboxylic acids is 2. The van der Waals surface area contributed by atoms with Crippen molar-refractivity contribution in [3.63, 3.8) is 0 Å². The molecular formula is C20H19F2NO8S. The van der Waals surface area contributed by atoms with Gasteiger partial charge in [0.2, 0.25) is 12.4 Å². The van der Waals surface area contributed by atoms with Gasteiger partial charge in [-0.2, -0.15) is 17.2 Å². The highest BCUT2D eigenvalue weighted by Crippen LogP contribution is 2.40. The van der Waals surface area contributed by atoms with Crippen LogP contribution < -0.4 is 5.32 Å². The molecule has 1 N–H and O–H groups in total. The summed E-state index contributed by atoms with van der Waals surface area (Å²) in [5.41, 5.74) is 0.427. The van der Waals surface area contributed by atoms with Crippen LogP contribution in [-0.2, 0) is 28.5 Å². The van der Waals surface area contributed by atoms with Gasteiger partial charge >= 0.3 is 18.0 Å². The maximum atomic E-state index is 14.8. The molecule has 0 saturated carbocycles. The lowest BCUT2D eigenvalue weighted by Crippen LogP contribution is -2.46. The van der Waals surface area contributed by atoms with Gasteiger partial charge in [-0.05, 0) is 24.3 Å². The van der Waals surface area contributed by atoms with Crippen molar-refractivity contribution in [3.8, 4) is 0 Å². The lowest BCUT2D eigenvalue weighted by Gasteiger charge is -2.23. The Morgan fingerprint density at radius 2 is 1.66 bits per heavy atom. The second-order valence-electron chi connectivity index (χ2n) is 6.76. The van der Waals surface area contributed by atoms with Gasteiger partial charge in [0.15, 0.2) is 0 Å². The van der Waals surface area contributed by atoms with Crippen LogP contribution in [0.4, 0.5) is 19.3 Å². The molecule has 1 unspecified atom stereocenters. The fourth-order valence-corrected chi connectivity index (χ4v) is 3.32. The summed E-state index contributed by atoms with van der Waals surface area (Å²) in [4.78, 5) is 24.3. The van der Waals surface area contributed by atoms with Crippen molar-refractivity contribution in [2.24, 2.45) is 0 Å². The largest absolute Gasteiger partial charge is 0.459 e. The summed E-state index contributed by atoms with van der Waals surface area (Å²) in [6.07, 6.45) is -7.27. The third kappa shape index (κ3) is 5.99. The molecule has 0 spiro atoms. The van der Waals surface area contributed by atoms with Crippen LogP contribution in [0.1, 0.15) is 10.4 Å². The molecule has 1 amide bonds. The Kier molecular flexibility index (Phi) is 7.06. The van der Waals surface area contributed by atoms with Crippen LogP contribution in [-0.4, -0.2) is 57.8 Å². The predicted octanol–water partition coefficient (Wildman–Crippen LogP) is 2.80. The molecule has 0 radical (unpaired) electrons. The van der Waals surface area contributed by atoms with Gasteiger partial charge in [0, 0.05) is 5.69 Å². The Hall–Kier alpha value is -3.09. The minimum absolute atomic E-state index is 0.153. The molecule has 0 bridgehead atoms. The number of hydrogen-bond donors (Lipinski definition) is 1. The van der Waals surface area contributed by atoms with E-state index in [2.05, 4.69) is 9.50 Å². The van der Waals surface area contributed by atoms with Crippen molar-refractivity contribution in [2.45, 2.75) is 24.4 Å². The predicted molar refractivity (Wildman–Crippen MR) is 107 cm³/mol. The molecule has 3 rings (SSSR count). The van der Waals surface area contributed by atoms with E-state index in [0.29, 0.717) is 6.26 Å². The molecule has 32 heavy (non-hydrogen) atoms. The number of para-hydroxylation sites is 1. The number of carbonyl (C=O) groups is 2. The molecule has 0 aromatic heterocycles. The zero-order valence-corrected chi connectivity index (χ0v) is 17.5. The van der Waals surface area contributed by atoms with Gasteiger partial charge in [-0.15, -0.1) is 0 Å². The fraction of sp³-hybridized carbons (Fsp3) is 0.300. The first-order chi connectivity index (χ1) is 15.1. The molecule has 2 aromatic rings. The van der Waals surface area contributed by atoms with E-state index in [4.69, 9.17) is 14.2 Å². The first-order valence-electron chi connectivity index (χ1n) is 9.22. The Morgan fingerprint density at radius 1 is 1.06 bits per heavy atom. The van der Waals surface area contributed by atoms with Crippen LogP contribution in [0.2, 0.25) is 0 Å². The monoisotopic (exact) mass is 471 g/mol. The SMILES string of the molecule is CS(=O)(=O)O[C@@H]1O[C@H](COC(=O)c2ccccc2)C(OC(=O)Nc2ccccc2)C1(F)F. The van der Waals surface area contributed by atoms with E-state index in [9.17, 15) is 26.8 Å². The van der Waals surface area contributed by atoms with E-state index in [-0.39, 0.29) is 11.3 Å². The number of benzene rings is 2. The standard InChI is InChI=1S/C20H19F2NO8S/c1-32(26,27)31-18-20(21,22)16(30-19(25)23-14-10-6-3-7-11-14)15(29-18)12-28-17(24)13-8-4-2-5-9-13/h2-11,15-16,18H,12H2,1H3,(H,23,25)/t15-,16?,18+/m1/s1. The van der Waals surface area contributed by atoms with Gasteiger partial charge < -0.3 is 14.2 Å². The highest BCUT2D eigenvalue weighted by atomic mass is 32.2. The molecular weight excluding hydrogens is 452 g/mol. The summed E-state index contributed by atoms with van der Waals surface area (Å²) in [5, 5.41) is 2.26. The number of rotatable bonds is 7. The summed E-state index contributed by atoms with van der Waals surface area (Å²) in [6.45, 7) is -0.754. The lowest BCUT2D eigenvalue weighted by molar-refractivity contribution is -0.182. The van der Waals surface area contributed by atoms with Crippen molar-refractivity contribution < 1.29 is 45.2 Å². The third-order valence-electron chi connectivity index (χ3n) is 4.23. The minimum atomic E-state index is -4.35. The van der Waals surface area contributed by atoms with Crippen LogP contribution >= 0.6 is 0 Å². The van der Waals surface area contributed by atoms with Crippen LogP contribution in [0.25, 0.3) is 0 Å². The molecule has 9 nitrogen and oxygen atoms in total. The van der Waals surface area contributed by atoms with E-state index in [1.54, 1.807) is 36.4 Å². The molecule has 1 fully saturated rings. The van der Waals surface area contributed by atoms with Crippen molar-refractivity contribution in [2.75, 3.05) is 18.2 Å². The Morgan fingerprint density at radius 3 is 2.25 bits per heavy atom. The molecule has 1 aliphatic rings. The molecule has 0 aliphatic carbocycles. The van der Waals surface area contributed by atoms with Crippen molar-refractivity contribution in [3.05, 3.63) is 66.2 Å². The molecule has 2 aromatic carbocycles. The van der Waals surface area contributed by atoms with E-state index in [0.717, 1.165) is 0 Å². The number of nitrogens with one attached hydrogen (secondary N) is 1. The zero-order chi connectivity index (χ0) is 23.4. The molecule has 172 valence electrons. The zero-order valence-electron chi connectivity index (χ0n) is 16.6. The number of anilines is 1. The lowest BCUT2D eigenvalue weighted by atomic mass is 10.1. The Labute approximate surface area is 182 Å². The molecule has 3 atom stereocenters. The maximum Gasteiger partial charge on any atom is 0.412 e. The average molecular weight is 471 g/mol. The van der Waals surface area contributed by atoms with Gasteiger partial charge in [-0.25, -0.2) is 13.8 Å². The summed E-state index contributed by atoms with van der Waals surface area (Å²) < 4.78 is 71.5.